The van der Waals surface area contributed by atoms with Crippen molar-refractivity contribution < 1.29 is 4.79 Å². The molecule has 0 radical (unpaired) electrons. The maximum absolute atomic E-state index is 11.9. The van der Waals surface area contributed by atoms with Crippen LogP contribution in [-0.2, 0) is 6.42 Å². The van der Waals surface area contributed by atoms with Crippen molar-refractivity contribution >= 4 is 23.2 Å². The largest absolute Gasteiger partial charge is 0.399 e. The van der Waals surface area contributed by atoms with Gasteiger partial charge in [0, 0.05) is 31.0 Å². The van der Waals surface area contributed by atoms with E-state index in [1.165, 1.54) is 0 Å². The summed E-state index contributed by atoms with van der Waals surface area (Å²) in [7, 11) is 0. The number of H-pyrrole nitrogens is 1. The molecule has 19 heavy (non-hydrogen) atoms. The van der Waals surface area contributed by atoms with Crippen LogP contribution in [-0.4, -0.2) is 22.4 Å². The van der Waals surface area contributed by atoms with Crippen molar-refractivity contribution in [1.82, 2.24) is 15.3 Å². The molecule has 2 rings (SSSR count). The number of rotatable bonds is 5. The number of carbonyl (C=O) groups excluding carboxylic acids is 1. The molecule has 4 N–H and O–H groups in total. The molecular weight excluding hydrogens is 264 g/mol. The summed E-state index contributed by atoms with van der Waals surface area (Å²) in [4.78, 5) is 19.0. The van der Waals surface area contributed by atoms with E-state index >= 15 is 0 Å². The van der Waals surface area contributed by atoms with Crippen LogP contribution < -0.4 is 11.1 Å². The summed E-state index contributed by atoms with van der Waals surface area (Å²) in [5.41, 5.74) is 6.55. The molecule has 0 aliphatic heterocycles. The summed E-state index contributed by atoms with van der Waals surface area (Å²) in [6, 6.07) is 4.86. The fourth-order valence-electron chi connectivity index (χ4n) is 1.70. The molecule has 0 fully saturated rings. The summed E-state index contributed by atoms with van der Waals surface area (Å²) in [5, 5.41) is 3.21. The van der Waals surface area contributed by atoms with E-state index in [1.54, 1.807) is 30.6 Å². The number of hydrogen-bond acceptors (Lipinski definition) is 3. The van der Waals surface area contributed by atoms with Crippen LogP contribution in [0.4, 0.5) is 5.69 Å². The first kappa shape index (κ1) is 13.4. The number of carbonyl (C=O) groups is 1. The van der Waals surface area contributed by atoms with E-state index in [9.17, 15) is 4.79 Å². The van der Waals surface area contributed by atoms with E-state index in [2.05, 4.69) is 15.3 Å². The number of aromatic nitrogens is 2. The number of halogens is 1. The maximum Gasteiger partial charge on any atom is 0.252 e. The van der Waals surface area contributed by atoms with Crippen molar-refractivity contribution in [2.75, 3.05) is 12.3 Å². The predicted molar refractivity (Wildman–Crippen MR) is 75.1 cm³/mol. The molecule has 0 atom stereocenters. The number of aryl methyl sites for hydroxylation is 1. The maximum atomic E-state index is 11.9. The van der Waals surface area contributed by atoms with Gasteiger partial charge < -0.3 is 16.0 Å². The first-order valence-corrected chi connectivity index (χ1v) is 6.36. The molecule has 0 aliphatic carbocycles. The molecule has 1 heterocycles. The number of hydrogen-bond donors (Lipinski definition) is 3. The molecule has 1 aromatic heterocycles. The molecule has 0 bridgehead atoms. The molecule has 0 spiro atoms. The Hall–Kier alpha value is -2.01. The Morgan fingerprint density at radius 2 is 2.32 bits per heavy atom. The van der Waals surface area contributed by atoms with E-state index in [0.29, 0.717) is 22.8 Å². The van der Waals surface area contributed by atoms with E-state index < -0.39 is 0 Å². The topological polar surface area (TPSA) is 83.8 Å². The second-order valence-electron chi connectivity index (χ2n) is 4.13. The summed E-state index contributed by atoms with van der Waals surface area (Å²) in [5.74, 6) is 0.702. The van der Waals surface area contributed by atoms with Gasteiger partial charge in [-0.2, -0.15) is 0 Å². The summed E-state index contributed by atoms with van der Waals surface area (Å²) in [6.45, 7) is 0.560. The highest BCUT2D eigenvalue weighted by Crippen LogP contribution is 2.18. The lowest BCUT2D eigenvalue weighted by molar-refractivity contribution is 0.0953. The highest BCUT2D eigenvalue weighted by molar-refractivity contribution is 6.34. The van der Waals surface area contributed by atoms with Crippen molar-refractivity contribution in [3.8, 4) is 0 Å². The quantitative estimate of drug-likeness (QED) is 0.578. The van der Waals surface area contributed by atoms with Gasteiger partial charge in [-0.1, -0.05) is 11.6 Å². The summed E-state index contributed by atoms with van der Waals surface area (Å²) < 4.78 is 0. The van der Waals surface area contributed by atoms with Crippen LogP contribution in [0.1, 0.15) is 22.6 Å². The zero-order valence-corrected chi connectivity index (χ0v) is 11.1. The van der Waals surface area contributed by atoms with Crippen molar-refractivity contribution in [1.29, 1.82) is 0 Å². The number of imidazole rings is 1. The third-order valence-corrected chi connectivity index (χ3v) is 3.00. The summed E-state index contributed by atoms with van der Waals surface area (Å²) >= 11 is 5.95. The Labute approximate surface area is 116 Å². The Morgan fingerprint density at radius 1 is 1.47 bits per heavy atom. The van der Waals surface area contributed by atoms with E-state index in [1.807, 2.05) is 0 Å². The standard InChI is InChI=1S/C13H15ClN4O/c14-11-4-3-9(15)8-10(11)13(19)18-5-1-2-12-16-6-7-17-12/h3-4,6-8H,1-2,5,15H2,(H,16,17)(H,18,19). The molecule has 6 heteroatoms. The second kappa shape index (κ2) is 6.24. The zero-order valence-electron chi connectivity index (χ0n) is 10.3. The first-order valence-electron chi connectivity index (χ1n) is 5.98. The second-order valence-corrected chi connectivity index (χ2v) is 4.54. The Kier molecular flexibility index (Phi) is 4.41. The van der Waals surface area contributed by atoms with E-state index in [-0.39, 0.29) is 5.91 Å². The fourth-order valence-corrected chi connectivity index (χ4v) is 1.91. The Bertz CT molecular complexity index is 554. The number of amides is 1. The van der Waals surface area contributed by atoms with Crippen molar-refractivity contribution in [3.05, 3.63) is 47.0 Å². The van der Waals surface area contributed by atoms with Gasteiger partial charge in [0.25, 0.3) is 5.91 Å². The monoisotopic (exact) mass is 278 g/mol. The average Bonchev–Trinajstić information content (AvgIpc) is 2.90. The molecule has 2 aromatic rings. The van der Waals surface area contributed by atoms with Crippen LogP contribution in [0.15, 0.2) is 30.6 Å². The van der Waals surface area contributed by atoms with E-state index in [4.69, 9.17) is 17.3 Å². The highest BCUT2D eigenvalue weighted by Gasteiger charge is 2.09. The van der Waals surface area contributed by atoms with Gasteiger partial charge in [-0.25, -0.2) is 4.98 Å². The lowest BCUT2D eigenvalue weighted by atomic mass is 10.2. The minimum Gasteiger partial charge on any atom is -0.399 e. The zero-order chi connectivity index (χ0) is 13.7. The third-order valence-electron chi connectivity index (χ3n) is 2.67. The van der Waals surface area contributed by atoms with Crippen LogP contribution >= 0.6 is 11.6 Å². The normalized spacial score (nSPS) is 10.4. The minimum atomic E-state index is -0.211. The Morgan fingerprint density at radius 3 is 3.05 bits per heavy atom. The minimum absolute atomic E-state index is 0.211. The van der Waals surface area contributed by atoms with Gasteiger partial charge in [0.15, 0.2) is 0 Å². The number of nitrogen functional groups attached to an aromatic ring is 1. The SMILES string of the molecule is Nc1ccc(Cl)c(C(=O)NCCCc2ncc[nH]2)c1. The van der Waals surface area contributed by atoms with Crippen LogP contribution in [0.2, 0.25) is 5.02 Å². The van der Waals surface area contributed by atoms with Crippen LogP contribution in [0, 0.1) is 0 Å². The Balaban J connectivity index is 1.82. The van der Waals surface area contributed by atoms with Crippen molar-refractivity contribution in [2.24, 2.45) is 0 Å². The van der Waals surface area contributed by atoms with Crippen molar-refractivity contribution in [3.63, 3.8) is 0 Å². The molecule has 0 saturated heterocycles. The first-order chi connectivity index (χ1) is 9.16. The number of aromatic amines is 1. The smallest absolute Gasteiger partial charge is 0.252 e. The van der Waals surface area contributed by atoms with Gasteiger partial charge in [0.2, 0.25) is 0 Å². The lowest BCUT2D eigenvalue weighted by Crippen LogP contribution is -2.25. The van der Waals surface area contributed by atoms with Gasteiger partial charge >= 0.3 is 0 Å². The lowest BCUT2D eigenvalue weighted by Gasteiger charge is -2.07. The summed E-state index contributed by atoms with van der Waals surface area (Å²) in [6.07, 6.45) is 5.08. The van der Waals surface area contributed by atoms with Crippen LogP contribution in [0.25, 0.3) is 0 Å². The third kappa shape index (κ3) is 3.72. The number of benzene rings is 1. The van der Waals surface area contributed by atoms with Gasteiger partial charge in [-0.15, -0.1) is 0 Å². The predicted octanol–water partition coefficient (Wildman–Crippen LogP) is 2.01. The fraction of sp³-hybridized carbons (Fsp3) is 0.231. The molecule has 100 valence electrons. The molecular formula is C13H15ClN4O. The number of nitrogens with zero attached hydrogens (tertiary/aromatic N) is 1. The van der Waals surface area contributed by atoms with Gasteiger partial charge in [-0.3, -0.25) is 4.79 Å². The molecule has 1 amide bonds. The average molecular weight is 279 g/mol. The van der Waals surface area contributed by atoms with Gasteiger partial charge in [-0.05, 0) is 24.6 Å². The van der Waals surface area contributed by atoms with Crippen LogP contribution in [0.3, 0.4) is 0 Å². The number of anilines is 1. The number of nitrogens with two attached hydrogens (primary N) is 1. The molecule has 5 nitrogen and oxygen atoms in total. The molecule has 0 saturated carbocycles. The van der Waals surface area contributed by atoms with Gasteiger partial charge in [0.05, 0.1) is 10.6 Å². The van der Waals surface area contributed by atoms with E-state index in [0.717, 1.165) is 18.7 Å². The molecule has 1 aromatic carbocycles. The number of nitrogens with one attached hydrogen (secondary N) is 2. The molecule has 0 aliphatic rings. The van der Waals surface area contributed by atoms with Gasteiger partial charge in [0.1, 0.15) is 5.82 Å². The van der Waals surface area contributed by atoms with Crippen molar-refractivity contribution in [2.45, 2.75) is 12.8 Å². The highest BCUT2D eigenvalue weighted by atomic mass is 35.5. The molecule has 0 unspecified atom stereocenters. The van der Waals surface area contributed by atoms with Crippen LogP contribution in [0.5, 0.6) is 0 Å².